The van der Waals surface area contributed by atoms with Crippen molar-refractivity contribution in [2.45, 2.75) is 9.79 Å². The molecule has 0 saturated heterocycles. The second kappa shape index (κ2) is 11.1. The summed E-state index contributed by atoms with van der Waals surface area (Å²) in [6.45, 7) is 0. The Morgan fingerprint density at radius 3 is 1.85 bits per heavy atom. The minimum absolute atomic E-state index is 0. The molecule has 0 aliphatic rings. The van der Waals surface area contributed by atoms with Crippen molar-refractivity contribution >= 4 is 91.5 Å². The van der Waals surface area contributed by atoms with Crippen LogP contribution >= 0.6 is 0 Å². The maximum Gasteiger partial charge on any atom is 0.314 e. The summed E-state index contributed by atoms with van der Waals surface area (Å²) in [5.41, 5.74) is 0.820. The number of benzene rings is 2. The van der Waals surface area contributed by atoms with Gasteiger partial charge in [0.1, 0.15) is 9.79 Å². The molecule has 0 spiro atoms. The van der Waals surface area contributed by atoms with E-state index in [1.165, 1.54) is 18.2 Å². The molecule has 0 amide bonds. The molecule has 0 aliphatic carbocycles. The van der Waals surface area contributed by atoms with Gasteiger partial charge in [0.15, 0.2) is 0 Å². The van der Waals surface area contributed by atoms with Gasteiger partial charge in [-0.3, -0.25) is 0 Å². The number of hydrogen-bond donors (Lipinski definition) is 2. The zero-order valence-electron chi connectivity index (χ0n) is 14.2. The van der Waals surface area contributed by atoms with Crippen LogP contribution in [-0.2, 0) is 28.8 Å². The van der Waals surface area contributed by atoms with E-state index in [2.05, 4.69) is 8.57 Å². The summed E-state index contributed by atoms with van der Waals surface area (Å²) in [6.07, 6.45) is 3.02. The van der Waals surface area contributed by atoms with E-state index in [1.807, 2.05) is 6.07 Å². The molecule has 0 bridgehead atoms. The Morgan fingerprint density at radius 2 is 1.31 bits per heavy atom. The maximum absolute atomic E-state index is 12.1. The second-order valence-electron chi connectivity index (χ2n) is 4.52. The molecule has 2 aromatic rings. The van der Waals surface area contributed by atoms with Gasteiger partial charge in [0.05, 0.1) is 0 Å². The smallest absolute Gasteiger partial charge is 0.197 e. The van der Waals surface area contributed by atoms with Gasteiger partial charge in [-0.1, -0.05) is 54.6 Å². The topological polar surface area (TPSA) is 139 Å². The van der Waals surface area contributed by atoms with Crippen LogP contribution < -0.4 is 11.8 Å². The van der Waals surface area contributed by atoms with Crippen LogP contribution in [0.2, 0.25) is 0 Å². The average Bonchev–Trinajstić information content (AvgIpc) is 2.60. The number of nitrogens with two attached hydrogens (primary N) is 2. The third-order valence-corrected chi connectivity index (χ3v) is 5.51. The van der Waals surface area contributed by atoms with Gasteiger partial charge in [0, 0.05) is 59.1 Å². The van der Waals surface area contributed by atoms with E-state index in [-0.39, 0.29) is 64.7 Å². The van der Waals surface area contributed by atoms with Gasteiger partial charge in [-0.2, -0.15) is 37.2 Å². The zero-order valence-corrected chi connectivity index (χ0v) is 19.8. The van der Waals surface area contributed by atoms with E-state index in [9.17, 15) is 16.8 Å². The monoisotopic (exact) mass is 416 g/mol. The minimum Gasteiger partial charge on any atom is -0.197 e. The number of hydrogen-bond acceptors (Lipinski definition) is 8. The Balaban J connectivity index is 0.00000312. The number of rotatable bonds is 6. The molecule has 26 heavy (non-hydrogen) atoms. The largest absolute Gasteiger partial charge is 0.314 e. The Kier molecular flexibility index (Phi) is 11.0. The first-order chi connectivity index (χ1) is 11.3. The van der Waals surface area contributed by atoms with Crippen LogP contribution in [0.3, 0.4) is 0 Å². The van der Waals surface area contributed by atoms with Gasteiger partial charge in [0.25, 0.3) is 0 Å². The van der Waals surface area contributed by atoms with Crippen LogP contribution in [0.25, 0.3) is 12.2 Å². The van der Waals surface area contributed by atoms with Crippen LogP contribution in [0.4, 0.5) is 0 Å². The summed E-state index contributed by atoms with van der Waals surface area (Å²) >= 11 is 0. The van der Waals surface area contributed by atoms with Crippen LogP contribution in [0, 0.1) is 0 Å². The molecule has 0 unspecified atom stereocenters. The standard InChI is InChI=1S/C14H14N2O6S2.2Na/c15-21-23(17,18)13-8-4-7-12(14(13)24(19,20)22-16)10-9-11-5-2-1-3-6-11;;/h1-10H,15-16H2;;. The Hall–Kier alpha value is -0.0800. The third-order valence-electron chi connectivity index (χ3n) is 3.04. The molecule has 2 aromatic carbocycles. The molecule has 12 heteroatoms. The third kappa shape index (κ3) is 6.23. The van der Waals surface area contributed by atoms with Gasteiger partial charge in [-0.25, -0.2) is 0 Å². The van der Waals surface area contributed by atoms with E-state index in [1.54, 1.807) is 30.3 Å². The Morgan fingerprint density at radius 1 is 0.731 bits per heavy atom. The molecule has 0 aliphatic heterocycles. The average molecular weight is 416 g/mol. The first kappa shape index (κ1) is 25.9. The molecule has 2 radical (unpaired) electrons. The molecular formula is C14H14N2Na2O6S2. The molecule has 4 N–H and O–H groups in total. The van der Waals surface area contributed by atoms with Crippen LogP contribution in [0.15, 0.2) is 58.3 Å². The zero-order chi connectivity index (χ0) is 17.8. The molecule has 2 rings (SSSR count). The molecule has 0 saturated carbocycles. The summed E-state index contributed by atoms with van der Waals surface area (Å²) in [6, 6.07) is 12.7. The maximum atomic E-state index is 12.1. The summed E-state index contributed by atoms with van der Waals surface area (Å²) < 4.78 is 55.8. The first-order valence-electron chi connectivity index (χ1n) is 6.45. The molecule has 0 fully saturated rings. The first-order valence-corrected chi connectivity index (χ1v) is 9.26. The van der Waals surface area contributed by atoms with Gasteiger partial charge in [-0.15, -0.1) is 0 Å². The van der Waals surface area contributed by atoms with Crippen molar-refractivity contribution in [2.24, 2.45) is 11.8 Å². The molecule has 0 aromatic heterocycles. The van der Waals surface area contributed by atoms with E-state index in [0.29, 0.717) is 0 Å². The van der Waals surface area contributed by atoms with Crippen molar-refractivity contribution in [1.29, 1.82) is 0 Å². The summed E-state index contributed by atoms with van der Waals surface area (Å²) in [5, 5.41) is 0. The summed E-state index contributed by atoms with van der Waals surface area (Å²) in [5.74, 6) is 9.52. The van der Waals surface area contributed by atoms with E-state index < -0.39 is 30.0 Å². The quantitative estimate of drug-likeness (QED) is 0.388. The van der Waals surface area contributed by atoms with Crippen molar-refractivity contribution < 1.29 is 25.4 Å². The second-order valence-corrected chi connectivity index (χ2v) is 7.57. The van der Waals surface area contributed by atoms with Gasteiger partial charge >= 0.3 is 20.2 Å². The van der Waals surface area contributed by atoms with Crippen molar-refractivity contribution in [2.75, 3.05) is 0 Å². The fraction of sp³-hybridized carbons (Fsp3) is 0. The Labute approximate surface area is 196 Å². The van der Waals surface area contributed by atoms with E-state index >= 15 is 0 Å². The molecule has 8 nitrogen and oxygen atoms in total. The molecular weight excluding hydrogens is 402 g/mol. The predicted molar refractivity (Wildman–Crippen MR) is 98.2 cm³/mol. The van der Waals surface area contributed by atoms with Gasteiger partial charge < -0.3 is 0 Å². The van der Waals surface area contributed by atoms with Crippen LogP contribution in [0.1, 0.15) is 11.1 Å². The van der Waals surface area contributed by atoms with Crippen molar-refractivity contribution in [3.05, 3.63) is 59.7 Å². The van der Waals surface area contributed by atoms with Gasteiger partial charge in [-0.05, 0) is 17.2 Å². The molecule has 0 atom stereocenters. The minimum atomic E-state index is -4.55. The summed E-state index contributed by atoms with van der Waals surface area (Å²) in [4.78, 5) is -1.34. The van der Waals surface area contributed by atoms with Gasteiger partial charge in [0.2, 0.25) is 0 Å². The van der Waals surface area contributed by atoms with Crippen LogP contribution in [0.5, 0.6) is 0 Å². The SMILES string of the molecule is NOS(=O)(=O)c1cccc(C=Cc2ccccc2)c1S(=O)(=O)ON.[Na].[Na]. The molecule has 130 valence electrons. The summed E-state index contributed by atoms with van der Waals surface area (Å²) in [7, 11) is -9.04. The fourth-order valence-electron chi connectivity index (χ4n) is 1.98. The van der Waals surface area contributed by atoms with Crippen molar-refractivity contribution in [3.8, 4) is 0 Å². The normalized spacial score (nSPS) is 11.6. The van der Waals surface area contributed by atoms with Crippen molar-refractivity contribution in [3.63, 3.8) is 0 Å². The fourth-order valence-corrected chi connectivity index (χ4v) is 4.12. The van der Waals surface area contributed by atoms with Crippen molar-refractivity contribution in [1.82, 2.24) is 0 Å². The van der Waals surface area contributed by atoms with E-state index in [4.69, 9.17) is 11.8 Å². The van der Waals surface area contributed by atoms with E-state index in [0.717, 1.165) is 11.6 Å². The Bertz CT molecular complexity index is 964. The molecule has 0 heterocycles. The van der Waals surface area contributed by atoms with Crippen LogP contribution in [-0.4, -0.2) is 76.0 Å². The predicted octanol–water partition coefficient (Wildman–Crippen LogP) is 0.253.